The van der Waals surface area contributed by atoms with Gasteiger partial charge in [0.15, 0.2) is 0 Å². The molecule has 3 atom stereocenters. The van der Waals surface area contributed by atoms with Gasteiger partial charge in [-0.2, -0.15) is 0 Å². The van der Waals surface area contributed by atoms with Gasteiger partial charge in [-0.1, -0.05) is 12.1 Å². The highest BCUT2D eigenvalue weighted by molar-refractivity contribution is 5.75. The largest absolute Gasteiger partial charge is 0.497 e. The number of aliphatic hydroxyl groups is 1. The third kappa shape index (κ3) is 4.88. The molecule has 2 aliphatic rings. The number of rotatable bonds is 7. The zero-order valence-electron chi connectivity index (χ0n) is 15.3. The highest BCUT2D eigenvalue weighted by Crippen LogP contribution is 2.35. The predicted molar refractivity (Wildman–Crippen MR) is 97.8 cm³/mol. The first-order valence-electron chi connectivity index (χ1n) is 9.45. The third-order valence-electron chi connectivity index (χ3n) is 5.34. The molecule has 1 aliphatic carbocycles. The number of likely N-dealkylation sites (tertiary alicyclic amines) is 1. The molecule has 1 aromatic rings. The lowest BCUT2D eigenvalue weighted by atomic mass is 10.0. The second-order valence-corrected chi connectivity index (χ2v) is 7.52. The Hall–Kier alpha value is -1.75. The van der Waals surface area contributed by atoms with E-state index in [4.69, 9.17) is 4.74 Å². The lowest BCUT2D eigenvalue weighted by molar-refractivity contribution is 0.136. The molecule has 5 nitrogen and oxygen atoms in total. The maximum absolute atomic E-state index is 12.8. The van der Waals surface area contributed by atoms with Crippen molar-refractivity contribution in [2.75, 3.05) is 13.7 Å². The number of urea groups is 1. The van der Waals surface area contributed by atoms with Crippen molar-refractivity contribution in [2.45, 2.75) is 63.6 Å². The molecule has 2 N–H and O–H groups in total. The molecule has 1 saturated carbocycles. The number of amides is 2. The Kier molecular flexibility index (Phi) is 5.84. The Bertz CT molecular complexity index is 586. The number of methoxy groups -OCH3 is 1. The van der Waals surface area contributed by atoms with E-state index in [0.29, 0.717) is 12.3 Å². The molecule has 1 heterocycles. The fourth-order valence-corrected chi connectivity index (χ4v) is 3.87. The molecule has 0 aromatic heterocycles. The summed E-state index contributed by atoms with van der Waals surface area (Å²) in [6.07, 6.45) is 5.52. The van der Waals surface area contributed by atoms with E-state index in [2.05, 4.69) is 11.4 Å². The predicted octanol–water partition coefficient (Wildman–Crippen LogP) is 2.96. The van der Waals surface area contributed by atoms with Gasteiger partial charge < -0.3 is 20.1 Å². The summed E-state index contributed by atoms with van der Waals surface area (Å²) in [5.74, 6) is 1.43. The van der Waals surface area contributed by atoms with Crippen molar-refractivity contribution in [2.24, 2.45) is 5.92 Å². The summed E-state index contributed by atoms with van der Waals surface area (Å²) in [6.45, 7) is 2.59. The summed E-state index contributed by atoms with van der Waals surface area (Å²) in [4.78, 5) is 14.7. The van der Waals surface area contributed by atoms with E-state index < -0.39 is 0 Å². The van der Waals surface area contributed by atoms with Crippen LogP contribution < -0.4 is 10.1 Å². The first-order chi connectivity index (χ1) is 12.1. The molecule has 3 rings (SSSR count). The van der Waals surface area contributed by atoms with Crippen molar-refractivity contribution >= 4 is 6.03 Å². The van der Waals surface area contributed by atoms with Gasteiger partial charge in [-0.25, -0.2) is 4.79 Å². The van der Waals surface area contributed by atoms with Gasteiger partial charge in [-0.15, -0.1) is 0 Å². The van der Waals surface area contributed by atoms with E-state index in [1.54, 1.807) is 14.0 Å². The summed E-state index contributed by atoms with van der Waals surface area (Å²) < 4.78 is 5.31. The number of hydrogen-bond acceptors (Lipinski definition) is 3. The van der Waals surface area contributed by atoms with Crippen LogP contribution in [0, 0.1) is 5.92 Å². The molecule has 2 fully saturated rings. The van der Waals surface area contributed by atoms with Crippen molar-refractivity contribution in [1.82, 2.24) is 10.2 Å². The topological polar surface area (TPSA) is 61.8 Å². The fourth-order valence-electron chi connectivity index (χ4n) is 3.87. The second-order valence-electron chi connectivity index (χ2n) is 7.52. The summed E-state index contributed by atoms with van der Waals surface area (Å²) in [7, 11) is 1.68. The Morgan fingerprint density at radius 2 is 2.20 bits per heavy atom. The zero-order valence-corrected chi connectivity index (χ0v) is 15.3. The van der Waals surface area contributed by atoms with E-state index in [0.717, 1.165) is 31.6 Å². The van der Waals surface area contributed by atoms with Crippen molar-refractivity contribution in [3.05, 3.63) is 29.8 Å². The first-order valence-corrected chi connectivity index (χ1v) is 9.45. The molecule has 25 heavy (non-hydrogen) atoms. The van der Waals surface area contributed by atoms with Gasteiger partial charge in [0.05, 0.1) is 13.2 Å². The number of hydrogen-bond donors (Lipinski definition) is 2. The SMILES string of the molecule is COc1cccc(CC(NC(=O)N2CCCC2CC(C)O)C2CC2)c1. The monoisotopic (exact) mass is 346 g/mol. The van der Waals surface area contributed by atoms with Crippen LogP contribution >= 0.6 is 0 Å². The average Bonchev–Trinajstić information content (AvgIpc) is 3.34. The lowest BCUT2D eigenvalue weighted by Gasteiger charge is -2.29. The van der Waals surface area contributed by atoms with Gasteiger partial charge in [0.25, 0.3) is 0 Å². The number of nitrogens with zero attached hydrogens (tertiary/aromatic N) is 1. The Morgan fingerprint density at radius 1 is 1.40 bits per heavy atom. The van der Waals surface area contributed by atoms with Crippen LogP contribution in [0.15, 0.2) is 24.3 Å². The van der Waals surface area contributed by atoms with Gasteiger partial charge in [0.2, 0.25) is 0 Å². The molecule has 5 heteroatoms. The number of ether oxygens (including phenoxy) is 1. The van der Waals surface area contributed by atoms with Crippen LogP contribution in [0.5, 0.6) is 5.75 Å². The number of carbonyl (C=O) groups excluding carboxylic acids is 1. The van der Waals surface area contributed by atoms with Gasteiger partial charge in [-0.3, -0.25) is 0 Å². The maximum Gasteiger partial charge on any atom is 0.317 e. The van der Waals surface area contributed by atoms with E-state index >= 15 is 0 Å². The molecule has 3 unspecified atom stereocenters. The summed E-state index contributed by atoms with van der Waals surface area (Å²) in [6, 6.07) is 8.45. The van der Waals surface area contributed by atoms with Crippen molar-refractivity contribution in [1.29, 1.82) is 0 Å². The smallest absolute Gasteiger partial charge is 0.317 e. The van der Waals surface area contributed by atoms with Crippen LogP contribution in [0.3, 0.4) is 0 Å². The van der Waals surface area contributed by atoms with Crippen LogP contribution in [0.2, 0.25) is 0 Å². The minimum atomic E-state index is -0.366. The normalized spacial score (nSPS) is 22.5. The lowest BCUT2D eigenvalue weighted by Crippen LogP contribution is -2.48. The van der Waals surface area contributed by atoms with Gasteiger partial charge in [0.1, 0.15) is 5.75 Å². The summed E-state index contributed by atoms with van der Waals surface area (Å²) in [5.41, 5.74) is 1.19. The number of nitrogens with one attached hydrogen (secondary N) is 1. The van der Waals surface area contributed by atoms with Crippen LogP contribution in [-0.2, 0) is 6.42 Å². The molecule has 1 saturated heterocycles. The first kappa shape index (κ1) is 18.1. The minimum Gasteiger partial charge on any atom is -0.497 e. The van der Waals surface area contributed by atoms with Gasteiger partial charge in [0, 0.05) is 18.6 Å². The molecule has 0 bridgehead atoms. The zero-order chi connectivity index (χ0) is 17.8. The van der Waals surface area contributed by atoms with E-state index in [9.17, 15) is 9.90 Å². The Morgan fingerprint density at radius 3 is 2.88 bits per heavy atom. The molecule has 2 amide bonds. The van der Waals surface area contributed by atoms with Crippen LogP contribution in [0.4, 0.5) is 4.79 Å². The average molecular weight is 346 g/mol. The molecule has 0 spiro atoms. The van der Waals surface area contributed by atoms with Crippen LogP contribution in [0.25, 0.3) is 0 Å². The van der Waals surface area contributed by atoms with Crippen LogP contribution in [-0.4, -0.2) is 47.9 Å². The highest BCUT2D eigenvalue weighted by Gasteiger charge is 2.35. The Labute approximate surface area is 150 Å². The maximum atomic E-state index is 12.8. The third-order valence-corrected chi connectivity index (χ3v) is 5.34. The van der Waals surface area contributed by atoms with E-state index in [1.807, 2.05) is 23.1 Å². The van der Waals surface area contributed by atoms with E-state index in [-0.39, 0.29) is 24.2 Å². The van der Waals surface area contributed by atoms with Gasteiger partial charge in [-0.05, 0) is 69.1 Å². The van der Waals surface area contributed by atoms with Crippen molar-refractivity contribution in [3.63, 3.8) is 0 Å². The Balaban J connectivity index is 1.62. The number of carbonyl (C=O) groups is 1. The fraction of sp³-hybridized carbons (Fsp3) is 0.650. The highest BCUT2D eigenvalue weighted by atomic mass is 16.5. The quantitative estimate of drug-likeness (QED) is 0.798. The summed E-state index contributed by atoms with van der Waals surface area (Å²) >= 11 is 0. The molecule has 1 aliphatic heterocycles. The van der Waals surface area contributed by atoms with Crippen LogP contribution in [0.1, 0.15) is 44.6 Å². The number of aliphatic hydroxyl groups excluding tert-OH is 1. The second kappa shape index (κ2) is 8.09. The van der Waals surface area contributed by atoms with Crippen molar-refractivity contribution in [3.8, 4) is 5.75 Å². The summed E-state index contributed by atoms with van der Waals surface area (Å²) in [5, 5.41) is 12.9. The molecular weight excluding hydrogens is 316 g/mol. The standard InChI is InChI=1S/C20H30N2O3/c1-14(23)11-17-6-4-10-22(17)20(24)21-19(16-8-9-16)13-15-5-3-7-18(12-15)25-2/h3,5,7,12,14,16-17,19,23H,4,6,8-11,13H2,1-2H3,(H,21,24). The molecule has 138 valence electrons. The molecule has 0 radical (unpaired) electrons. The van der Waals surface area contributed by atoms with Crippen molar-refractivity contribution < 1.29 is 14.6 Å². The molecular formula is C20H30N2O3. The van der Waals surface area contributed by atoms with E-state index in [1.165, 1.54) is 18.4 Å². The molecule has 1 aromatic carbocycles. The van der Waals surface area contributed by atoms with Gasteiger partial charge >= 0.3 is 6.03 Å². The minimum absolute atomic E-state index is 0.0305. The number of benzene rings is 1.